The van der Waals surface area contributed by atoms with Gasteiger partial charge in [-0.3, -0.25) is 0 Å². The lowest BCUT2D eigenvalue weighted by Crippen LogP contribution is -2.18. The SMILES string of the molecule is Cc1cn(C2CCCCCCC2)c(NC(C)C)n1. The van der Waals surface area contributed by atoms with Crippen LogP contribution in [0.15, 0.2) is 6.20 Å². The number of hydrogen-bond acceptors (Lipinski definition) is 2. The van der Waals surface area contributed by atoms with E-state index in [1.807, 2.05) is 0 Å². The zero-order valence-electron chi connectivity index (χ0n) is 12.1. The number of nitrogens with zero attached hydrogens (tertiary/aromatic N) is 2. The fourth-order valence-electron chi connectivity index (χ4n) is 2.87. The fraction of sp³-hybridized carbons (Fsp3) is 0.800. The fourth-order valence-corrected chi connectivity index (χ4v) is 2.87. The molecule has 0 radical (unpaired) electrons. The molecule has 2 rings (SSSR count). The number of aryl methyl sites for hydroxylation is 1. The maximum atomic E-state index is 4.63. The highest BCUT2D eigenvalue weighted by Crippen LogP contribution is 2.29. The number of aromatic nitrogens is 2. The lowest BCUT2D eigenvalue weighted by molar-refractivity contribution is 0.374. The Kier molecular flexibility index (Phi) is 4.67. The minimum Gasteiger partial charge on any atom is -0.353 e. The topological polar surface area (TPSA) is 29.9 Å². The van der Waals surface area contributed by atoms with E-state index in [4.69, 9.17) is 0 Å². The second-order valence-electron chi connectivity index (χ2n) is 5.91. The summed E-state index contributed by atoms with van der Waals surface area (Å²) >= 11 is 0. The van der Waals surface area contributed by atoms with E-state index in [1.165, 1.54) is 44.9 Å². The highest BCUT2D eigenvalue weighted by Gasteiger charge is 2.17. The lowest BCUT2D eigenvalue weighted by atomic mass is 9.96. The summed E-state index contributed by atoms with van der Waals surface area (Å²) in [6.45, 7) is 6.43. The van der Waals surface area contributed by atoms with E-state index in [0.717, 1.165) is 11.6 Å². The molecule has 102 valence electrons. The van der Waals surface area contributed by atoms with Crippen molar-refractivity contribution >= 4 is 5.95 Å². The Morgan fingerprint density at radius 3 is 2.39 bits per heavy atom. The van der Waals surface area contributed by atoms with Crippen LogP contribution in [-0.4, -0.2) is 15.6 Å². The first-order valence-electron chi connectivity index (χ1n) is 7.49. The molecule has 0 bridgehead atoms. The third-order valence-electron chi connectivity index (χ3n) is 3.74. The summed E-state index contributed by atoms with van der Waals surface area (Å²) in [7, 11) is 0. The van der Waals surface area contributed by atoms with Gasteiger partial charge in [-0.2, -0.15) is 0 Å². The quantitative estimate of drug-likeness (QED) is 0.865. The van der Waals surface area contributed by atoms with Crippen LogP contribution in [0, 0.1) is 6.92 Å². The molecule has 1 aliphatic carbocycles. The van der Waals surface area contributed by atoms with Gasteiger partial charge in [0.2, 0.25) is 5.95 Å². The molecule has 0 aromatic carbocycles. The minimum atomic E-state index is 0.444. The molecule has 0 atom stereocenters. The molecule has 0 aliphatic heterocycles. The van der Waals surface area contributed by atoms with E-state index >= 15 is 0 Å². The summed E-state index contributed by atoms with van der Waals surface area (Å²) < 4.78 is 2.39. The Balaban J connectivity index is 2.13. The van der Waals surface area contributed by atoms with Crippen molar-refractivity contribution in [3.8, 4) is 0 Å². The molecule has 1 saturated carbocycles. The predicted octanol–water partition coefficient (Wildman–Crippen LogP) is 4.30. The summed E-state index contributed by atoms with van der Waals surface area (Å²) in [5.41, 5.74) is 1.13. The van der Waals surface area contributed by atoms with Crippen LogP contribution in [0.25, 0.3) is 0 Å². The summed E-state index contributed by atoms with van der Waals surface area (Å²) in [4.78, 5) is 4.63. The van der Waals surface area contributed by atoms with Gasteiger partial charge in [0.15, 0.2) is 0 Å². The molecule has 1 aromatic rings. The average Bonchev–Trinajstić information content (AvgIpc) is 2.58. The van der Waals surface area contributed by atoms with Crippen LogP contribution < -0.4 is 5.32 Å². The second kappa shape index (κ2) is 6.26. The molecule has 1 fully saturated rings. The van der Waals surface area contributed by atoms with E-state index < -0.39 is 0 Å². The number of hydrogen-bond donors (Lipinski definition) is 1. The van der Waals surface area contributed by atoms with Gasteiger partial charge < -0.3 is 9.88 Å². The molecule has 0 spiro atoms. The van der Waals surface area contributed by atoms with E-state index in [2.05, 4.69) is 41.8 Å². The normalized spacial score (nSPS) is 18.7. The summed E-state index contributed by atoms with van der Waals surface area (Å²) in [6, 6.07) is 1.09. The van der Waals surface area contributed by atoms with Crippen molar-refractivity contribution in [1.29, 1.82) is 0 Å². The van der Waals surface area contributed by atoms with Crippen molar-refractivity contribution in [2.24, 2.45) is 0 Å². The molecule has 18 heavy (non-hydrogen) atoms. The van der Waals surface area contributed by atoms with Crippen LogP contribution in [0.4, 0.5) is 5.95 Å². The Bertz CT molecular complexity index is 360. The monoisotopic (exact) mass is 249 g/mol. The zero-order valence-corrected chi connectivity index (χ0v) is 12.1. The lowest BCUT2D eigenvalue weighted by Gasteiger charge is -2.23. The number of nitrogens with one attached hydrogen (secondary N) is 1. The van der Waals surface area contributed by atoms with Gasteiger partial charge in [-0.05, 0) is 33.6 Å². The van der Waals surface area contributed by atoms with Crippen LogP contribution in [0.1, 0.15) is 70.5 Å². The molecular formula is C15H27N3. The van der Waals surface area contributed by atoms with Crippen molar-refractivity contribution in [3.05, 3.63) is 11.9 Å². The molecule has 3 nitrogen and oxygen atoms in total. The first-order chi connectivity index (χ1) is 8.66. The molecule has 1 aromatic heterocycles. The maximum absolute atomic E-state index is 4.63. The molecule has 1 aliphatic rings. The summed E-state index contributed by atoms with van der Waals surface area (Å²) in [6.07, 6.45) is 11.8. The predicted molar refractivity (Wildman–Crippen MR) is 77.1 cm³/mol. The van der Waals surface area contributed by atoms with Crippen molar-refractivity contribution < 1.29 is 0 Å². The average molecular weight is 249 g/mol. The van der Waals surface area contributed by atoms with Gasteiger partial charge in [0.05, 0.1) is 5.69 Å². The van der Waals surface area contributed by atoms with E-state index in [9.17, 15) is 0 Å². The number of rotatable bonds is 3. The van der Waals surface area contributed by atoms with Gasteiger partial charge in [0.25, 0.3) is 0 Å². The van der Waals surface area contributed by atoms with Gasteiger partial charge in [-0.15, -0.1) is 0 Å². The van der Waals surface area contributed by atoms with E-state index in [-0.39, 0.29) is 0 Å². The Labute approximate surface area is 111 Å². The summed E-state index contributed by atoms with van der Waals surface area (Å²) in [5.74, 6) is 1.06. The van der Waals surface area contributed by atoms with Gasteiger partial charge >= 0.3 is 0 Å². The standard InChI is InChI=1S/C15H27N3/c1-12(2)16-15-17-13(3)11-18(15)14-9-7-5-4-6-8-10-14/h11-12,14H,4-10H2,1-3H3,(H,16,17). The van der Waals surface area contributed by atoms with E-state index in [1.54, 1.807) is 0 Å². The molecule has 1 heterocycles. The van der Waals surface area contributed by atoms with Gasteiger partial charge in [0, 0.05) is 18.3 Å². The number of imidazole rings is 1. The van der Waals surface area contributed by atoms with Crippen molar-refractivity contribution in [2.45, 2.75) is 77.8 Å². The van der Waals surface area contributed by atoms with E-state index in [0.29, 0.717) is 12.1 Å². The number of anilines is 1. The molecule has 0 amide bonds. The third-order valence-corrected chi connectivity index (χ3v) is 3.74. The van der Waals surface area contributed by atoms with Crippen LogP contribution in [-0.2, 0) is 0 Å². The molecule has 1 N–H and O–H groups in total. The largest absolute Gasteiger partial charge is 0.353 e. The first-order valence-corrected chi connectivity index (χ1v) is 7.49. The highest BCUT2D eigenvalue weighted by molar-refractivity contribution is 5.30. The molecular weight excluding hydrogens is 222 g/mol. The van der Waals surface area contributed by atoms with Crippen molar-refractivity contribution in [1.82, 2.24) is 9.55 Å². The van der Waals surface area contributed by atoms with Gasteiger partial charge in [-0.25, -0.2) is 4.98 Å². The van der Waals surface area contributed by atoms with Crippen molar-refractivity contribution in [3.63, 3.8) is 0 Å². The van der Waals surface area contributed by atoms with Crippen LogP contribution in [0.3, 0.4) is 0 Å². The highest BCUT2D eigenvalue weighted by atomic mass is 15.2. The van der Waals surface area contributed by atoms with Gasteiger partial charge in [0.1, 0.15) is 0 Å². The third kappa shape index (κ3) is 3.50. The van der Waals surface area contributed by atoms with Gasteiger partial charge in [-0.1, -0.05) is 32.1 Å². The molecule has 0 saturated heterocycles. The van der Waals surface area contributed by atoms with Crippen LogP contribution in [0.2, 0.25) is 0 Å². The Hall–Kier alpha value is -0.990. The Morgan fingerprint density at radius 2 is 1.78 bits per heavy atom. The van der Waals surface area contributed by atoms with Crippen molar-refractivity contribution in [2.75, 3.05) is 5.32 Å². The Morgan fingerprint density at radius 1 is 1.17 bits per heavy atom. The summed E-state index contributed by atoms with van der Waals surface area (Å²) in [5, 5.41) is 3.48. The maximum Gasteiger partial charge on any atom is 0.203 e. The second-order valence-corrected chi connectivity index (χ2v) is 5.91. The molecule has 0 unspecified atom stereocenters. The smallest absolute Gasteiger partial charge is 0.203 e. The first kappa shape index (κ1) is 13.4. The minimum absolute atomic E-state index is 0.444. The molecule has 3 heteroatoms. The zero-order chi connectivity index (χ0) is 13.0. The van der Waals surface area contributed by atoms with Crippen LogP contribution >= 0.6 is 0 Å². The van der Waals surface area contributed by atoms with Crippen LogP contribution in [0.5, 0.6) is 0 Å².